The number of aromatic nitrogens is 1. The van der Waals surface area contributed by atoms with E-state index < -0.39 is 0 Å². The zero-order valence-electron chi connectivity index (χ0n) is 9.16. The van der Waals surface area contributed by atoms with Crippen molar-refractivity contribution in [3.8, 4) is 0 Å². The third-order valence-corrected chi connectivity index (χ3v) is 4.20. The van der Waals surface area contributed by atoms with Crippen molar-refractivity contribution in [2.24, 2.45) is 11.1 Å². The van der Waals surface area contributed by atoms with E-state index in [2.05, 4.69) is 34.8 Å². The minimum Gasteiger partial charge on any atom is -0.330 e. The fourth-order valence-corrected chi connectivity index (χ4v) is 2.79. The van der Waals surface area contributed by atoms with Crippen LogP contribution in [0, 0.1) is 5.41 Å². The van der Waals surface area contributed by atoms with Crippen LogP contribution in [0.2, 0.25) is 0 Å². The lowest BCUT2D eigenvalue weighted by molar-refractivity contribution is 0.368. The molecule has 0 radical (unpaired) electrons. The zero-order valence-corrected chi connectivity index (χ0v) is 11.6. The van der Waals surface area contributed by atoms with E-state index >= 15 is 0 Å². The Hall–Kier alpha value is -0.0600. The first-order valence-electron chi connectivity index (χ1n) is 4.98. The smallest absolute Gasteiger partial charge is 0.110 e. The van der Waals surface area contributed by atoms with E-state index in [4.69, 9.17) is 5.73 Å². The topological polar surface area (TPSA) is 38.9 Å². The lowest BCUT2D eigenvalue weighted by Crippen LogP contribution is -2.24. The number of nitrogens with two attached hydrogens (primary N) is 1. The number of halogens is 1. The van der Waals surface area contributed by atoms with Crippen molar-refractivity contribution in [1.29, 1.82) is 0 Å². The fraction of sp³-hybridized carbons (Fsp3) is 0.545. The molecule has 1 heterocycles. The van der Waals surface area contributed by atoms with Gasteiger partial charge in [-0.2, -0.15) is 0 Å². The number of pyridine rings is 1. The quantitative estimate of drug-likeness (QED) is 0.845. The highest BCUT2D eigenvalue weighted by molar-refractivity contribution is 9.10. The normalized spacial score (nSPS) is 11.7. The van der Waals surface area contributed by atoms with Gasteiger partial charge in [0, 0.05) is 16.4 Å². The Morgan fingerprint density at radius 1 is 1.53 bits per heavy atom. The van der Waals surface area contributed by atoms with Crippen LogP contribution in [-0.4, -0.2) is 17.3 Å². The Morgan fingerprint density at radius 3 is 2.87 bits per heavy atom. The van der Waals surface area contributed by atoms with Gasteiger partial charge in [0.05, 0.1) is 0 Å². The molecule has 0 saturated heterocycles. The van der Waals surface area contributed by atoms with Crippen LogP contribution in [0.25, 0.3) is 0 Å². The minimum atomic E-state index is 0.230. The predicted octanol–water partition coefficient (Wildman–Crippen LogP) is 3.31. The third kappa shape index (κ3) is 4.53. The maximum Gasteiger partial charge on any atom is 0.110 e. The number of rotatable bonds is 5. The molecule has 1 aromatic rings. The van der Waals surface area contributed by atoms with Crippen molar-refractivity contribution in [2.75, 3.05) is 12.3 Å². The first-order valence-corrected chi connectivity index (χ1v) is 6.76. The summed E-state index contributed by atoms with van der Waals surface area (Å²) >= 11 is 5.26. The molecule has 84 valence electrons. The van der Waals surface area contributed by atoms with Gasteiger partial charge in [0.15, 0.2) is 0 Å². The predicted molar refractivity (Wildman–Crippen MR) is 70.1 cm³/mol. The summed E-state index contributed by atoms with van der Waals surface area (Å²) in [5.74, 6) is 1.06. The summed E-state index contributed by atoms with van der Waals surface area (Å²) in [5.41, 5.74) is 5.91. The first-order chi connectivity index (χ1) is 7.05. The second kappa shape index (κ2) is 5.87. The van der Waals surface area contributed by atoms with Gasteiger partial charge in [-0.3, -0.25) is 0 Å². The van der Waals surface area contributed by atoms with E-state index in [0.29, 0.717) is 0 Å². The lowest BCUT2D eigenvalue weighted by Gasteiger charge is -2.21. The van der Waals surface area contributed by atoms with Gasteiger partial charge in [-0.25, -0.2) is 4.98 Å². The maximum absolute atomic E-state index is 5.68. The van der Waals surface area contributed by atoms with Gasteiger partial charge >= 0.3 is 0 Å². The van der Waals surface area contributed by atoms with Crippen molar-refractivity contribution >= 4 is 27.7 Å². The molecular formula is C11H17BrN2S. The van der Waals surface area contributed by atoms with Crippen LogP contribution < -0.4 is 5.73 Å². The molecule has 0 aliphatic rings. The summed E-state index contributed by atoms with van der Waals surface area (Å²) in [4.78, 5) is 4.31. The molecule has 0 bridgehead atoms. The summed E-state index contributed by atoms with van der Waals surface area (Å²) in [7, 11) is 0. The number of nitrogens with zero attached hydrogens (tertiary/aromatic N) is 1. The third-order valence-electron chi connectivity index (χ3n) is 2.29. The van der Waals surface area contributed by atoms with Gasteiger partial charge in [-0.15, -0.1) is 11.8 Å². The summed E-state index contributed by atoms with van der Waals surface area (Å²) in [6, 6.07) is 3.95. The molecule has 2 nitrogen and oxygen atoms in total. The zero-order chi connectivity index (χ0) is 11.3. The van der Waals surface area contributed by atoms with Crippen LogP contribution in [0.15, 0.2) is 27.8 Å². The van der Waals surface area contributed by atoms with E-state index in [1.54, 1.807) is 11.8 Å². The van der Waals surface area contributed by atoms with Crippen LogP contribution in [0.5, 0.6) is 0 Å². The Bertz CT molecular complexity index is 315. The van der Waals surface area contributed by atoms with Crippen molar-refractivity contribution in [3.63, 3.8) is 0 Å². The van der Waals surface area contributed by atoms with Crippen molar-refractivity contribution in [3.05, 3.63) is 22.8 Å². The number of hydrogen-bond acceptors (Lipinski definition) is 3. The Morgan fingerprint density at radius 2 is 2.27 bits per heavy atom. The molecule has 0 saturated carbocycles. The molecule has 0 fully saturated rings. The van der Waals surface area contributed by atoms with Gasteiger partial charge in [-0.05, 0) is 46.4 Å². The largest absolute Gasteiger partial charge is 0.330 e. The SMILES string of the molecule is CC(C)(CN)CCSc1ncccc1Br. The van der Waals surface area contributed by atoms with Gasteiger partial charge in [0.25, 0.3) is 0 Å². The monoisotopic (exact) mass is 288 g/mol. The summed E-state index contributed by atoms with van der Waals surface area (Å²) in [6.07, 6.45) is 2.93. The average molecular weight is 289 g/mol. The first kappa shape index (κ1) is 13.0. The molecule has 0 atom stereocenters. The minimum absolute atomic E-state index is 0.230. The molecule has 0 unspecified atom stereocenters. The van der Waals surface area contributed by atoms with Crippen molar-refractivity contribution < 1.29 is 0 Å². The highest BCUT2D eigenvalue weighted by Crippen LogP contribution is 2.28. The summed E-state index contributed by atoms with van der Waals surface area (Å²) in [5, 5.41) is 1.06. The Balaban J connectivity index is 2.42. The Kier molecular flexibility index (Phi) is 5.09. The van der Waals surface area contributed by atoms with Crippen molar-refractivity contribution in [1.82, 2.24) is 4.98 Å². The summed E-state index contributed by atoms with van der Waals surface area (Å²) < 4.78 is 1.07. The van der Waals surface area contributed by atoms with E-state index in [-0.39, 0.29) is 5.41 Å². The molecule has 0 amide bonds. The highest BCUT2D eigenvalue weighted by atomic mass is 79.9. The van der Waals surface area contributed by atoms with Crippen LogP contribution in [0.1, 0.15) is 20.3 Å². The van der Waals surface area contributed by atoms with Crippen LogP contribution in [0.4, 0.5) is 0 Å². The molecule has 0 aromatic carbocycles. The van der Waals surface area contributed by atoms with Crippen LogP contribution in [0.3, 0.4) is 0 Å². The van der Waals surface area contributed by atoms with Crippen molar-refractivity contribution in [2.45, 2.75) is 25.3 Å². The molecular weight excluding hydrogens is 272 g/mol. The van der Waals surface area contributed by atoms with Crippen LogP contribution in [-0.2, 0) is 0 Å². The highest BCUT2D eigenvalue weighted by Gasteiger charge is 2.15. The van der Waals surface area contributed by atoms with Gasteiger partial charge in [-0.1, -0.05) is 13.8 Å². The standard InChI is InChI=1S/C11H17BrN2S/c1-11(2,8-13)5-7-15-10-9(12)4-3-6-14-10/h3-4,6H,5,7-8,13H2,1-2H3. The summed E-state index contributed by atoms with van der Waals surface area (Å²) in [6.45, 7) is 5.12. The van der Waals surface area contributed by atoms with Gasteiger partial charge in [0.1, 0.15) is 5.03 Å². The molecule has 2 N–H and O–H groups in total. The lowest BCUT2D eigenvalue weighted by atomic mass is 9.91. The molecule has 0 spiro atoms. The van der Waals surface area contributed by atoms with E-state index in [1.165, 1.54) is 0 Å². The number of thioether (sulfide) groups is 1. The molecule has 15 heavy (non-hydrogen) atoms. The average Bonchev–Trinajstić information content (AvgIpc) is 2.21. The Labute approximate surface area is 104 Å². The van der Waals surface area contributed by atoms with E-state index in [1.807, 2.05) is 18.3 Å². The molecule has 4 heteroatoms. The van der Waals surface area contributed by atoms with E-state index in [9.17, 15) is 0 Å². The molecule has 0 aliphatic heterocycles. The second-order valence-electron chi connectivity index (χ2n) is 4.26. The maximum atomic E-state index is 5.68. The molecule has 1 aromatic heterocycles. The molecule has 1 rings (SSSR count). The van der Waals surface area contributed by atoms with Gasteiger partial charge < -0.3 is 5.73 Å². The fourth-order valence-electron chi connectivity index (χ4n) is 1.00. The second-order valence-corrected chi connectivity index (χ2v) is 6.20. The number of hydrogen-bond donors (Lipinski definition) is 1. The van der Waals surface area contributed by atoms with Gasteiger partial charge in [0.2, 0.25) is 0 Å². The van der Waals surface area contributed by atoms with E-state index in [0.717, 1.165) is 28.2 Å². The van der Waals surface area contributed by atoms with Crippen LogP contribution >= 0.6 is 27.7 Å². The molecule has 0 aliphatic carbocycles.